The predicted octanol–water partition coefficient (Wildman–Crippen LogP) is 1.98. The minimum Gasteiger partial charge on any atom is -0.381 e. The van der Waals surface area contributed by atoms with Gasteiger partial charge < -0.3 is 4.18 Å². The Kier molecular flexibility index (Phi) is 3.17. The van der Waals surface area contributed by atoms with E-state index in [1.165, 1.54) is 6.92 Å². The topological polar surface area (TPSA) is 43.4 Å². The van der Waals surface area contributed by atoms with Crippen LogP contribution in [-0.4, -0.2) is 13.1 Å². The van der Waals surface area contributed by atoms with E-state index in [1.807, 2.05) is 0 Å². The van der Waals surface area contributed by atoms with Crippen molar-refractivity contribution in [2.75, 3.05) is 0 Å². The van der Waals surface area contributed by atoms with Gasteiger partial charge in [0.25, 0.3) is 0 Å². The van der Waals surface area contributed by atoms with Crippen molar-refractivity contribution >= 4 is 21.7 Å². The lowest BCUT2D eigenvalue weighted by Crippen LogP contribution is -2.17. The van der Waals surface area contributed by atoms with Crippen LogP contribution in [0.4, 0.5) is 0 Å². The number of hydrogen-bond donors (Lipinski definition) is 0. The van der Waals surface area contributed by atoms with Gasteiger partial charge in [0.1, 0.15) is 5.75 Å². The van der Waals surface area contributed by atoms with E-state index in [9.17, 15) is 8.42 Å². The number of para-hydroxylation sites is 1. The Balaban J connectivity index is 2.82. The molecule has 0 spiro atoms. The van der Waals surface area contributed by atoms with Gasteiger partial charge >= 0.3 is 10.1 Å². The highest BCUT2D eigenvalue weighted by Gasteiger charge is 2.19. The molecule has 0 saturated carbocycles. The molecular weight excluding hydrogens is 212 g/mol. The Bertz CT molecular complexity index is 358. The smallest absolute Gasteiger partial charge is 0.326 e. The second-order valence-electron chi connectivity index (χ2n) is 2.43. The number of alkyl halides is 1. The Morgan fingerprint density at radius 1 is 1.31 bits per heavy atom. The predicted molar refractivity (Wildman–Crippen MR) is 51.3 cm³/mol. The molecular formula is C8H9ClO3S. The molecule has 0 fully saturated rings. The van der Waals surface area contributed by atoms with Gasteiger partial charge in [-0.05, 0) is 19.1 Å². The third kappa shape index (κ3) is 2.90. The normalized spacial score (nSPS) is 13.7. The Labute approximate surface area is 82.4 Å². The van der Waals surface area contributed by atoms with Crippen LogP contribution in [0.5, 0.6) is 5.75 Å². The zero-order chi connectivity index (χ0) is 9.90. The van der Waals surface area contributed by atoms with Crippen molar-refractivity contribution in [1.29, 1.82) is 0 Å². The van der Waals surface area contributed by atoms with E-state index in [-0.39, 0.29) is 5.75 Å². The van der Waals surface area contributed by atoms with E-state index < -0.39 is 14.8 Å². The summed E-state index contributed by atoms with van der Waals surface area (Å²) < 4.78 is 25.9. The van der Waals surface area contributed by atoms with Crippen LogP contribution in [0.15, 0.2) is 30.3 Å². The molecule has 0 aliphatic carbocycles. The van der Waals surface area contributed by atoms with Gasteiger partial charge in [-0.1, -0.05) is 18.2 Å². The molecule has 1 unspecified atom stereocenters. The van der Waals surface area contributed by atoms with Crippen molar-refractivity contribution in [3.63, 3.8) is 0 Å². The molecule has 1 aromatic carbocycles. The summed E-state index contributed by atoms with van der Waals surface area (Å²) in [7, 11) is -3.69. The van der Waals surface area contributed by atoms with Gasteiger partial charge in [-0.3, -0.25) is 0 Å². The zero-order valence-corrected chi connectivity index (χ0v) is 8.55. The fourth-order valence-corrected chi connectivity index (χ4v) is 1.30. The maximum absolute atomic E-state index is 11.1. The van der Waals surface area contributed by atoms with Crippen LogP contribution in [0, 0.1) is 0 Å². The largest absolute Gasteiger partial charge is 0.381 e. The van der Waals surface area contributed by atoms with Gasteiger partial charge in [-0.15, -0.1) is 11.6 Å². The SMILES string of the molecule is CC(Cl)S(=O)(=O)Oc1ccccc1. The first-order valence-electron chi connectivity index (χ1n) is 3.65. The molecule has 0 aliphatic rings. The van der Waals surface area contributed by atoms with E-state index >= 15 is 0 Å². The second-order valence-corrected chi connectivity index (χ2v) is 5.20. The fourth-order valence-electron chi connectivity index (χ4n) is 0.676. The van der Waals surface area contributed by atoms with Crippen LogP contribution in [0.25, 0.3) is 0 Å². The molecule has 13 heavy (non-hydrogen) atoms. The lowest BCUT2D eigenvalue weighted by atomic mass is 10.3. The van der Waals surface area contributed by atoms with Crippen molar-refractivity contribution in [2.45, 2.75) is 11.6 Å². The molecule has 72 valence electrons. The standard InChI is InChI=1S/C8H9ClO3S/c1-7(9)13(10,11)12-8-5-3-2-4-6-8/h2-7H,1H3. The molecule has 5 heteroatoms. The van der Waals surface area contributed by atoms with E-state index in [4.69, 9.17) is 15.8 Å². The summed E-state index contributed by atoms with van der Waals surface area (Å²) >= 11 is 5.41. The Morgan fingerprint density at radius 3 is 2.31 bits per heavy atom. The van der Waals surface area contributed by atoms with Crippen molar-refractivity contribution in [1.82, 2.24) is 0 Å². The van der Waals surface area contributed by atoms with Gasteiger partial charge in [0.2, 0.25) is 0 Å². The van der Waals surface area contributed by atoms with E-state index in [2.05, 4.69) is 0 Å². The quantitative estimate of drug-likeness (QED) is 0.578. The summed E-state index contributed by atoms with van der Waals surface area (Å²) in [5.41, 5.74) is 0. The molecule has 3 nitrogen and oxygen atoms in total. The maximum Gasteiger partial charge on any atom is 0.326 e. The summed E-state index contributed by atoms with van der Waals surface area (Å²) in [5.74, 6) is 0.273. The number of benzene rings is 1. The molecule has 0 amide bonds. The number of halogens is 1. The molecule has 0 aliphatic heterocycles. The van der Waals surface area contributed by atoms with Gasteiger partial charge in [0.15, 0.2) is 4.71 Å². The summed E-state index contributed by atoms with van der Waals surface area (Å²) in [6, 6.07) is 8.24. The van der Waals surface area contributed by atoms with E-state index in [0.717, 1.165) is 0 Å². The molecule has 0 radical (unpaired) electrons. The zero-order valence-electron chi connectivity index (χ0n) is 6.98. The minimum atomic E-state index is -3.69. The first-order chi connectivity index (χ1) is 6.02. The van der Waals surface area contributed by atoms with E-state index in [1.54, 1.807) is 30.3 Å². The second kappa shape index (κ2) is 3.98. The summed E-state index contributed by atoms with van der Waals surface area (Å²) in [4.78, 5) is 0. The van der Waals surface area contributed by atoms with Gasteiger partial charge in [-0.25, -0.2) is 0 Å². The molecule has 0 aromatic heterocycles. The number of hydrogen-bond acceptors (Lipinski definition) is 3. The first-order valence-corrected chi connectivity index (χ1v) is 5.55. The van der Waals surface area contributed by atoms with Gasteiger partial charge in [0, 0.05) is 0 Å². The maximum atomic E-state index is 11.1. The van der Waals surface area contributed by atoms with Crippen molar-refractivity contribution in [2.24, 2.45) is 0 Å². The Hall–Kier alpha value is -0.740. The molecule has 0 N–H and O–H groups in total. The van der Waals surface area contributed by atoms with Crippen molar-refractivity contribution in [3.05, 3.63) is 30.3 Å². The van der Waals surface area contributed by atoms with Crippen molar-refractivity contribution in [3.8, 4) is 5.75 Å². The molecule has 1 atom stereocenters. The average molecular weight is 221 g/mol. The van der Waals surface area contributed by atoms with Gasteiger partial charge in [-0.2, -0.15) is 8.42 Å². The molecule has 1 aromatic rings. The highest BCUT2D eigenvalue weighted by Crippen LogP contribution is 2.15. The fraction of sp³-hybridized carbons (Fsp3) is 0.250. The lowest BCUT2D eigenvalue weighted by Gasteiger charge is -2.07. The third-order valence-electron chi connectivity index (χ3n) is 1.35. The summed E-state index contributed by atoms with van der Waals surface area (Å²) in [6.45, 7) is 1.35. The molecule has 0 bridgehead atoms. The lowest BCUT2D eigenvalue weighted by molar-refractivity contribution is 0.484. The van der Waals surface area contributed by atoms with E-state index in [0.29, 0.717) is 0 Å². The van der Waals surface area contributed by atoms with Crippen LogP contribution in [0.3, 0.4) is 0 Å². The monoisotopic (exact) mass is 220 g/mol. The van der Waals surface area contributed by atoms with Crippen LogP contribution >= 0.6 is 11.6 Å². The third-order valence-corrected chi connectivity index (χ3v) is 3.23. The number of rotatable bonds is 3. The first kappa shape index (κ1) is 10.3. The highest BCUT2D eigenvalue weighted by atomic mass is 35.5. The summed E-state index contributed by atoms with van der Waals surface area (Å²) in [6.07, 6.45) is 0. The average Bonchev–Trinajstić information content (AvgIpc) is 2.05. The van der Waals surface area contributed by atoms with Crippen molar-refractivity contribution < 1.29 is 12.6 Å². The molecule has 0 saturated heterocycles. The van der Waals surface area contributed by atoms with Crippen LogP contribution in [-0.2, 0) is 10.1 Å². The molecule has 1 rings (SSSR count). The highest BCUT2D eigenvalue weighted by molar-refractivity contribution is 7.89. The van der Waals surface area contributed by atoms with Crippen LogP contribution < -0.4 is 4.18 Å². The summed E-state index contributed by atoms with van der Waals surface area (Å²) in [5, 5.41) is 0. The van der Waals surface area contributed by atoms with Crippen LogP contribution in [0.1, 0.15) is 6.92 Å². The molecule has 0 heterocycles. The minimum absolute atomic E-state index is 0.273. The Morgan fingerprint density at radius 2 is 1.85 bits per heavy atom. The van der Waals surface area contributed by atoms with Gasteiger partial charge in [0.05, 0.1) is 0 Å². The van der Waals surface area contributed by atoms with Crippen LogP contribution in [0.2, 0.25) is 0 Å².